The van der Waals surface area contributed by atoms with Crippen LogP contribution in [0, 0.1) is 0 Å². The minimum absolute atomic E-state index is 0.0523. The van der Waals surface area contributed by atoms with Crippen LogP contribution in [0.5, 0.6) is 0 Å². The van der Waals surface area contributed by atoms with Crippen molar-refractivity contribution in [2.75, 3.05) is 5.32 Å². The molecule has 1 aromatic heterocycles. The molecule has 0 bridgehead atoms. The molecule has 4 aromatic rings. The van der Waals surface area contributed by atoms with Crippen molar-refractivity contribution in [2.45, 2.75) is 6.92 Å². The van der Waals surface area contributed by atoms with Gasteiger partial charge in [0.15, 0.2) is 11.5 Å². The van der Waals surface area contributed by atoms with E-state index in [1.807, 2.05) is 36.4 Å². The Labute approximate surface area is 155 Å². The molecule has 0 unspecified atom stereocenters. The second-order valence-electron chi connectivity index (χ2n) is 6.20. The number of ketones is 1. The molecule has 0 aliphatic rings. The lowest BCUT2D eigenvalue weighted by Crippen LogP contribution is -2.12. The number of benzene rings is 3. The third-order valence-electron chi connectivity index (χ3n) is 4.30. The SMILES string of the molecule is CC(=O)c1cccc(NC(=O)c2ccc3c(-c4ccccc4)onc3c2)c1. The molecule has 0 fully saturated rings. The van der Waals surface area contributed by atoms with E-state index < -0.39 is 0 Å². The number of rotatable bonds is 4. The van der Waals surface area contributed by atoms with Gasteiger partial charge >= 0.3 is 0 Å². The lowest BCUT2D eigenvalue weighted by Gasteiger charge is -2.06. The molecule has 0 aliphatic carbocycles. The number of carbonyl (C=O) groups excluding carboxylic acids is 2. The number of carbonyl (C=O) groups is 2. The molecular formula is C22H16N2O3. The number of hydrogen-bond donors (Lipinski definition) is 1. The molecule has 0 radical (unpaired) electrons. The summed E-state index contributed by atoms with van der Waals surface area (Å²) in [6.07, 6.45) is 0. The number of nitrogens with one attached hydrogen (secondary N) is 1. The van der Waals surface area contributed by atoms with Gasteiger partial charge in [0.05, 0.1) is 0 Å². The van der Waals surface area contributed by atoms with Gasteiger partial charge in [0.1, 0.15) is 5.52 Å². The Balaban J connectivity index is 1.62. The molecular weight excluding hydrogens is 340 g/mol. The van der Waals surface area contributed by atoms with E-state index in [0.29, 0.717) is 28.1 Å². The second kappa shape index (κ2) is 6.88. The quantitative estimate of drug-likeness (QED) is 0.525. The molecule has 1 heterocycles. The van der Waals surface area contributed by atoms with Crippen LogP contribution in [0.1, 0.15) is 27.6 Å². The van der Waals surface area contributed by atoms with Gasteiger partial charge in [-0.15, -0.1) is 0 Å². The molecule has 1 amide bonds. The Morgan fingerprint density at radius 3 is 2.48 bits per heavy atom. The molecule has 5 heteroatoms. The van der Waals surface area contributed by atoms with E-state index in [0.717, 1.165) is 10.9 Å². The van der Waals surface area contributed by atoms with E-state index in [9.17, 15) is 9.59 Å². The molecule has 1 N–H and O–H groups in total. The fraction of sp³-hybridized carbons (Fsp3) is 0.0455. The van der Waals surface area contributed by atoms with Gasteiger partial charge in [0, 0.05) is 27.8 Å². The number of nitrogens with zero attached hydrogens (tertiary/aromatic N) is 1. The van der Waals surface area contributed by atoms with Crippen molar-refractivity contribution in [3.63, 3.8) is 0 Å². The third kappa shape index (κ3) is 3.35. The van der Waals surface area contributed by atoms with Gasteiger partial charge in [0.2, 0.25) is 0 Å². The van der Waals surface area contributed by atoms with Crippen molar-refractivity contribution in [2.24, 2.45) is 0 Å². The minimum Gasteiger partial charge on any atom is -0.355 e. The minimum atomic E-state index is -0.276. The van der Waals surface area contributed by atoms with Crippen molar-refractivity contribution in [3.05, 3.63) is 83.9 Å². The topological polar surface area (TPSA) is 72.2 Å². The van der Waals surface area contributed by atoms with Crippen LogP contribution >= 0.6 is 0 Å². The molecule has 4 rings (SSSR count). The van der Waals surface area contributed by atoms with E-state index in [1.54, 1.807) is 36.4 Å². The van der Waals surface area contributed by atoms with Crippen molar-refractivity contribution in [1.29, 1.82) is 0 Å². The maximum absolute atomic E-state index is 12.6. The molecule has 0 spiro atoms. The van der Waals surface area contributed by atoms with E-state index >= 15 is 0 Å². The van der Waals surface area contributed by atoms with Crippen LogP contribution in [0.3, 0.4) is 0 Å². The Hall–Kier alpha value is -3.73. The molecule has 27 heavy (non-hydrogen) atoms. The Bertz CT molecular complexity index is 1150. The Morgan fingerprint density at radius 1 is 0.889 bits per heavy atom. The normalized spacial score (nSPS) is 10.7. The zero-order chi connectivity index (χ0) is 18.8. The number of aromatic nitrogens is 1. The standard InChI is InChI=1S/C22H16N2O3/c1-14(25)16-8-5-9-18(12-16)23-22(26)17-10-11-19-20(13-17)24-27-21(19)15-6-3-2-4-7-15/h2-13H,1H3,(H,23,26). The first-order valence-corrected chi connectivity index (χ1v) is 8.49. The first-order chi connectivity index (χ1) is 13.1. The van der Waals surface area contributed by atoms with Gasteiger partial charge in [-0.25, -0.2) is 0 Å². The van der Waals surface area contributed by atoms with Gasteiger partial charge < -0.3 is 9.84 Å². The van der Waals surface area contributed by atoms with Gasteiger partial charge in [-0.3, -0.25) is 9.59 Å². The summed E-state index contributed by atoms with van der Waals surface area (Å²) in [5, 5.41) is 7.73. The van der Waals surface area contributed by atoms with E-state index in [2.05, 4.69) is 10.5 Å². The molecule has 0 aliphatic heterocycles. The molecule has 0 saturated heterocycles. The van der Waals surface area contributed by atoms with Crippen LogP contribution in [0.25, 0.3) is 22.2 Å². The number of anilines is 1. The summed E-state index contributed by atoms with van der Waals surface area (Å²) >= 11 is 0. The second-order valence-corrected chi connectivity index (χ2v) is 6.20. The zero-order valence-electron chi connectivity index (χ0n) is 14.6. The van der Waals surface area contributed by atoms with Crippen molar-refractivity contribution < 1.29 is 14.1 Å². The highest BCUT2D eigenvalue weighted by Crippen LogP contribution is 2.29. The first kappa shape index (κ1) is 16.7. The van der Waals surface area contributed by atoms with E-state index in [4.69, 9.17) is 4.52 Å². The lowest BCUT2D eigenvalue weighted by atomic mass is 10.1. The van der Waals surface area contributed by atoms with E-state index in [1.165, 1.54) is 6.92 Å². The third-order valence-corrected chi connectivity index (χ3v) is 4.30. The largest absolute Gasteiger partial charge is 0.355 e. The highest BCUT2D eigenvalue weighted by atomic mass is 16.5. The smallest absolute Gasteiger partial charge is 0.255 e. The van der Waals surface area contributed by atoms with Crippen LogP contribution in [-0.4, -0.2) is 16.8 Å². The summed E-state index contributed by atoms with van der Waals surface area (Å²) in [5.74, 6) is 0.345. The fourth-order valence-corrected chi connectivity index (χ4v) is 2.90. The summed E-state index contributed by atoms with van der Waals surface area (Å²) in [4.78, 5) is 24.0. The van der Waals surface area contributed by atoms with Crippen molar-refractivity contribution in [3.8, 4) is 11.3 Å². The summed E-state index contributed by atoms with van der Waals surface area (Å²) in [7, 11) is 0. The maximum Gasteiger partial charge on any atom is 0.255 e. The van der Waals surface area contributed by atoms with Gasteiger partial charge in [0.25, 0.3) is 5.91 Å². The fourth-order valence-electron chi connectivity index (χ4n) is 2.90. The van der Waals surface area contributed by atoms with Crippen LogP contribution in [0.4, 0.5) is 5.69 Å². The maximum atomic E-state index is 12.6. The molecule has 0 saturated carbocycles. The van der Waals surface area contributed by atoms with Crippen LogP contribution in [0.2, 0.25) is 0 Å². The average molecular weight is 356 g/mol. The molecule has 3 aromatic carbocycles. The lowest BCUT2D eigenvalue weighted by molar-refractivity contribution is 0.101. The Kier molecular flexibility index (Phi) is 4.26. The van der Waals surface area contributed by atoms with Crippen molar-refractivity contribution >= 4 is 28.3 Å². The van der Waals surface area contributed by atoms with Crippen LogP contribution in [-0.2, 0) is 0 Å². The van der Waals surface area contributed by atoms with E-state index in [-0.39, 0.29) is 11.7 Å². The van der Waals surface area contributed by atoms with Gasteiger partial charge in [-0.2, -0.15) is 0 Å². The van der Waals surface area contributed by atoms with Crippen LogP contribution < -0.4 is 5.32 Å². The highest BCUT2D eigenvalue weighted by molar-refractivity contribution is 6.07. The summed E-state index contributed by atoms with van der Waals surface area (Å²) in [5.41, 5.74) is 3.12. The zero-order valence-corrected chi connectivity index (χ0v) is 14.6. The highest BCUT2D eigenvalue weighted by Gasteiger charge is 2.14. The summed E-state index contributed by atoms with van der Waals surface area (Å²) < 4.78 is 5.48. The number of hydrogen-bond acceptors (Lipinski definition) is 4. The monoisotopic (exact) mass is 356 g/mol. The average Bonchev–Trinajstić information content (AvgIpc) is 3.12. The molecule has 5 nitrogen and oxygen atoms in total. The predicted octanol–water partition coefficient (Wildman–Crippen LogP) is 4.95. The van der Waals surface area contributed by atoms with Crippen LogP contribution in [0.15, 0.2) is 77.3 Å². The number of fused-ring (bicyclic) bond motifs is 1. The summed E-state index contributed by atoms with van der Waals surface area (Å²) in [6, 6.07) is 21.8. The van der Waals surface area contributed by atoms with Gasteiger partial charge in [-0.1, -0.05) is 47.6 Å². The van der Waals surface area contributed by atoms with Crippen molar-refractivity contribution in [1.82, 2.24) is 5.16 Å². The predicted molar refractivity (Wildman–Crippen MR) is 104 cm³/mol. The number of Topliss-reactive ketones (excluding diaryl/α,β-unsaturated/α-hetero) is 1. The summed E-state index contributed by atoms with van der Waals surface area (Å²) in [6.45, 7) is 1.49. The first-order valence-electron chi connectivity index (χ1n) is 8.49. The molecule has 0 atom stereocenters. The number of amides is 1. The Morgan fingerprint density at radius 2 is 1.70 bits per heavy atom. The molecule has 132 valence electrons. The van der Waals surface area contributed by atoms with Gasteiger partial charge in [-0.05, 0) is 37.3 Å².